The Kier molecular flexibility index (Phi) is 4.68. The van der Waals surface area contributed by atoms with Gasteiger partial charge in [-0.1, -0.05) is 26.0 Å². The predicted octanol–water partition coefficient (Wildman–Crippen LogP) is 1.77. The molecule has 1 amide bonds. The van der Waals surface area contributed by atoms with E-state index in [0.29, 0.717) is 11.6 Å². The van der Waals surface area contributed by atoms with Gasteiger partial charge in [0.25, 0.3) is 15.9 Å². The van der Waals surface area contributed by atoms with E-state index in [1.165, 1.54) is 12.1 Å². The van der Waals surface area contributed by atoms with Crippen LogP contribution in [0.1, 0.15) is 35.8 Å². The van der Waals surface area contributed by atoms with Gasteiger partial charge < -0.3 is 4.57 Å². The third-order valence-corrected chi connectivity index (χ3v) is 4.60. The second kappa shape index (κ2) is 6.33. The molecule has 0 spiro atoms. The van der Waals surface area contributed by atoms with E-state index in [0.717, 1.165) is 5.56 Å². The zero-order chi connectivity index (χ0) is 16.3. The Balaban J connectivity index is 2.08. The van der Waals surface area contributed by atoms with Crippen LogP contribution in [0, 0.1) is 0 Å². The maximum Gasteiger partial charge on any atom is 0.282 e. The number of hydrazine groups is 1. The number of hydrogen-bond donors (Lipinski definition) is 2. The van der Waals surface area contributed by atoms with Gasteiger partial charge in [-0.15, -0.1) is 4.83 Å². The van der Waals surface area contributed by atoms with E-state index in [9.17, 15) is 13.2 Å². The third-order valence-electron chi connectivity index (χ3n) is 3.33. The predicted molar refractivity (Wildman–Crippen MR) is 83.7 cm³/mol. The van der Waals surface area contributed by atoms with Crippen LogP contribution in [-0.2, 0) is 17.1 Å². The number of amides is 1. The molecule has 7 heteroatoms. The molecule has 0 saturated heterocycles. The zero-order valence-corrected chi connectivity index (χ0v) is 13.5. The monoisotopic (exact) mass is 321 g/mol. The smallest absolute Gasteiger partial charge is 0.282 e. The number of hydrogen-bond acceptors (Lipinski definition) is 3. The highest BCUT2D eigenvalue weighted by Gasteiger charge is 2.16. The van der Waals surface area contributed by atoms with Crippen molar-refractivity contribution in [3.8, 4) is 0 Å². The summed E-state index contributed by atoms with van der Waals surface area (Å²) in [7, 11) is -2.09. The first-order valence-corrected chi connectivity index (χ1v) is 8.33. The summed E-state index contributed by atoms with van der Waals surface area (Å²) in [5.41, 5.74) is 3.61. The Morgan fingerprint density at radius 2 is 1.77 bits per heavy atom. The van der Waals surface area contributed by atoms with Crippen molar-refractivity contribution in [1.82, 2.24) is 14.8 Å². The minimum absolute atomic E-state index is 0.101. The number of nitrogens with one attached hydrogen (secondary N) is 2. The summed E-state index contributed by atoms with van der Waals surface area (Å²) in [6, 6.07) is 9.87. The van der Waals surface area contributed by atoms with Crippen LogP contribution in [0.3, 0.4) is 0 Å². The first-order chi connectivity index (χ1) is 10.3. The van der Waals surface area contributed by atoms with Crippen molar-refractivity contribution in [2.45, 2.75) is 24.7 Å². The summed E-state index contributed by atoms with van der Waals surface area (Å²) in [6.07, 6.45) is 1.70. The highest BCUT2D eigenvalue weighted by molar-refractivity contribution is 7.89. The minimum atomic E-state index is -3.79. The van der Waals surface area contributed by atoms with Gasteiger partial charge in [0.15, 0.2) is 0 Å². The van der Waals surface area contributed by atoms with Crippen molar-refractivity contribution in [2.75, 3.05) is 0 Å². The molecular formula is C15H19N3O3S. The van der Waals surface area contributed by atoms with Crippen LogP contribution in [0.5, 0.6) is 0 Å². The molecule has 118 valence electrons. The zero-order valence-electron chi connectivity index (χ0n) is 12.7. The van der Waals surface area contributed by atoms with E-state index >= 15 is 0 Å². The Bertz CT molecular complexity index is 762. The summed E-state index contributed by atoms with van der Waals surface area (Å²) in [4.78, 5) is 14.1. The van der Waals surface area contributed by atoms with Crippen molar-refractivity contribution >= 4 is 15.9 Å². The quantitative estimate of drug-likeness (QED) is 0.824. The molecule has 2 rings (SSSR count). The number of aromatic nitrogens is 1. The summed E-state index contributed by atoms with van der Waals surface area (Å²) in [6.45, 7) is 4.06. The number of nitrogens with zero attached hydrogens (tertiary/aromatic N) is 1. The highest BCUT2D eigenvalue weighted by Crippen LogP contribution is 2.16. The molecule has 0 aliphatic heterocycles. The lowest BCUT2D eigenvalue weighted by atomic mass is 10.0. The van der Waals surface area contributed by atoms with Crippen LogP contribution in [-0.4, -0.2) is 18.9 Å². The van der Waals surface area contributed by atoms with Crippen LogP contribution in [0.2, 0.25) is 0 Å². The van der Waals surface area contributed by atoms with Crippen LogP contribution < -0.4 is 10.3 Å². The van der Waals surface area contributed by atoms with Gasteiger partial charge in [-0.05, 0) is 35.7 Å². The number of rotatable bonds is 5. The van der Waals surface area contributed by atoms with E-state index in [1.807, 2.05) is 13.8 Å². The molecule has 0 fully saturated rings. The first kappa shape index (κ1) is 16.3. The van der Waals surface area contributed by atoms with E-state index in [2.05, 4.69) is 10.3 Å². The van der Waals surface area contributed by atoms with E-state index in [1.54, 1.807) is 42.1 Å². The maximum atomic E-state index is 12.1. The molecular weight excluding hydrogens is 302 g/mol. The van der Waals surface area contributed by atoms with Crippen molar-refractivity contribution in [1.29, 1.82) is 0 Å². The number of carbonyl (C=O) groups is 1. The molecule has 1 aromatic carbocycles. The summed E-state index contributed by atoms with van der Waals surface area (Å²) in [5, 5.41) is 0. The van der Waals surface area contributed by atoms with E-state index < -0.39 is 15.9 Å². The minimum Gasteiger partial charge on any atom is -0.347 e. The van der Waals surface area contributed by atoms with Crippen molar-refractivity contribution in [2.24, 2.45) is 7.05 Å². The number of aryl methyl sites for hydroxylation is 1. The topological polar surface area (TPSA) is 80.2 Å². The van der Waals surface area contributed by atoms with Crippen molar-refractivity contribution in [3.63, 3.8) is 0 Å². The van der Waals surface area contributed by atoms with Crippen molar-refractivity contribution < 1.29 is 13.2 Å². The molecule has 0 radical (unpaired) electrons. The molecule has 2 N–H and O–H groups in total. The second-order valence-electron chi connectivity index (χ2n) is 5.29. The molecule has 0 atom stereocenters. The van der Waals surface area contributed by atoms with Gasteiger partial charge in [0.1, 0.15) is 5.69 Å². The normalized spacial score (nSPS) is 11.6. The van der Waals surface area contributed by atoms with E-state index in [4.69, 9.17) is 0 Å². The van der Waals surface area contributed by atoms with Gasteiger partial charge in [0, 0.05) is 13.2 Å². The molecule has 0 aliphatic carbocycles. The highest BCUT2D eigenvalue weighted by atomic mass is 32.2. The molecule has 0 saturated carbocycles. The Morgan fingerprint density at radius 1 is 1.14 bits per heavy atom. The van der Waals surface area contributed by atoms with Crippen LogP contribution >= 0.6 is 0 Å². The van der Waals surface area contributed by atoms with Crippen molar-refractivity contribution in [3.05, 3.63) is 53.9 Å². The van der Waals surface area contributed by atoms with Crippen LogP contribution in [0.15, 0.2) is 47.5 Å². The van der Waals surface area contributed by atoms with Gasteiger partial charge in [-0.2, -0.15) is 0 Å². The first-order valence-electron chi connectivity index (χ1n) is 6.84. The Morgan fingerprint density at radius 3 is 2.27 bits per heavy atom. The SMILES string of the molecule is CC(C)c1ccc(S(=O)(=O)NNC(=O)c2cccn2C)cc1. The van der Waals surface area contributed by atoms with Gasteiger partial charge in [0.2, 0.25) is 0 Å². The van der Waals surface area contributed by atoms with Gasteiger partial charge >= 0.3 is 0 Å². The van der Waals surface area contributed by atoms with Gasteiger partial charge in [-0.25, -0.2) is 8.42 Å². The molecule has 1 aromatic heterocycles. The lowest BCUT2D eigenvalue weighted by Crippen LogP contribution is -2.42. The standard InChI is InChI=1S/C15H19N3O3S/c1-11(2)12-6-8-13(9-7-12)22(20,21)17-16-15(19)14-5-4-10-18(14)3/h4-11,17H,1-3H3,(H,16,19). The third kappa shape index (κ3) is 3.55. The number of sulfonamides is 1. The van der Waals surface area contributed by atoms with E-state index in [-0.39, 0.29) is 4.90 Å². The van der Waals surface area contributed by atoms with Crippen LogP contribution in [0.4, 0.5) is 0 Å². The number of carbonyl (C=O) groups excluding carboxylic acids is 1. The summed E-state index contributed by atoms with van der Waals surface area (Å²) < 4.78 is 25.9. The second-order valence-corrected chi connectivity index (χ2v) is 6.97. The fourth-order valence-electron chi connectivity index (χ4n) is 1.97. The lowest BCUT2D eigenvalue weighted by Gasteiger charge is -2.10. The Hall–Kier alpha value is -2.12. The number of benzene rings is 1. The lowest BCUT2D eigenvalue weighted by molar-refractivity contribution is 0.0937. The molecule has 0 aliphatic rings. The molecule has 2 aromatic rings. The van der Waals surface area contributed by atoms with Gasteiger partial charge in [-0.3, -0.25) is 10.2 Å². The van der Waals surface area contributed by atoms with Crippen LogP contribution in [0.25, 0.3) is 0 Å². The Labute approximate surface area is 130 Å². The average Bonchev–Trinajstić information content (AvgIpc) is 2.91. The maximum absolute atomic E-state index is 12.1. The largest absolute Gasteiger partial charge is 0.347 e. The fraction of sp³-hybridized carbons (Fsp3) is 0.267. The summed E-state index contributed by atoms with van der Waals surface area (Å²) in [5.74, 6) is -0.198. The fourth-order valence-corrected chi connectivity index (χ4v) is 2.80. The molecule has 0 unspecified atom stereocenters. The van der Waals surface area contributed by atoms with Gasteiger partial charge in [0.05, 0.1) is 4.90 Å². The molecule has 22 heavy (non-hydrogen) atoms. The average molecular weight is 321 g/mol. The molecule has 0 bridgehead atoms. The molecule has 6 nitrogen and oxygen atoms in total. The summed E-state index contributed by atoms with van der Waals surface area (Å²) >= 11 is 0. The molecule has 1 heterocycles.